The van der Waals surface area contributed by atoms with Crippen LogP contribution in [0.3, 0.4) is 0 Å². The zero-order valence-corrected chi connectivity index (χ0v) is 12.6. The van der Waals surface area contributed by atoms with Crippen LogP contribution in [0.1, 0.15) is 53.9 Å². The smallest absolute Gasteiger partial charge is 0.0469 e. The zero-order chi connectivity index (χ0) is 13.1. The van der Waals surface area contributed by atoms with E-state index in [2.05, 4.69) is 39.9 Å². The first-order chi connectivity index (χ1) is 8.06. The third-order valence-corrected chi connectivity index (χ3v) is 3.00. The van der Waals surface area contributed by atoms with Crippen molar-refractivity contribution in [1.29, 1.82) is 0 Å². The summed E-state index contributed by atoms with van der Waals surface area (Å²) in [7, 11) is 0. The van der Waals surface area contributed by atoms with Gasteiger partial charge in [-0.15, -0.1) is 0 Å². The minimum atomic E-state index is 0.753. The highest BCUT2D eigenvalue weighted by Crippen LogP contribution is 2.15. The summed E-state index contributed by atoms with van der Waals surface area (Å²) in [6, 6.07) is 0. The van der Waals surface area contributed by atoms with E-state index in [4.69, 9.17) is 4.74 Å². The Balaban J connectivity index is 3.60. The predicted octanol–water partition coefficient (Wildman–Crippen LogP) is 3.71. The van der Waals surface area contributed by atoms with Gasteiger partial charge in [0, 0.05) is 13.2 Å². The predicted molar refractivity (Wildman–Crippen MR) is 76.4 cm³/mol. The molecule has 104 valence electrons. The fourth-order valence-corrected chi connectivity index (χ4v) is 1.99. The number of ether oxygens (including phenoxy) is 1. The molecule has 2 heteroatoms. The van der Waals surface area contributed by atoms with Crippen molar-refractivity contribution in [3.05, 3.63) is 0 Å². The summed E-state index contributed by atoms with van der Waals surface area (Å²) >= 11 is 0. The summed E-state index contributed by atoms with van der Waals surface area (Å²) < 4.78 is 5.71. The Hall–Kier alpha value is -0.0800. The summed E-state index contributed by atoms with van der Waals surface area (Å²) in [6.45, 7) is 15.3. The standard InChI is InChI=1S/C15H33NO/c1-6-16-12-15(11-14(4)5)8-10-17-9-7-13(2)3/h13-16H,6-12H2,1-5H3. The molecular formula is C15H33NO. The lowest BCUT2D eigenvalue weighted by molar-refractivity contribution is 0.107. The first-order valence-electron chi connectivity index (χ1n) is 7.34. The Labute approximate surface area is 109 Å². The monoisotopic (exact) mass is 243 g/mol. The van der Waals surface area contributed by atoms with E-state index in [0.717, 1.165) is 44.1 Å². The third-order valence-electron chi connectivity index (χ3n) is 3.00. The van der Waals surface area contributed by atoms with Gasteiger partial charge in [0.2, 0.25) is 0 Å². The van der Waals surface area contributed by atoms with Gasteiger partial charge < -0.3 is 10.1 Å². The number of hydrogen-bond donors (Lipinski definition) is 1. The molecule has 1 unspecified atom stereocenters. The van der Waals surface area contributed by atoms with Gasteiger partial charge in [-0.25, -0.2) is 0 Å². The highest BCUT2D eigenvalue weighted by Gasteiger charge is 2.10. The van der Waals surface area contributed by atoms with E-state index in [9.17, 15) is 0 Å². The molecule has 0 fully saturated rings. The van der Waals surface area contributed by atoms with Gasteiger partial charge in [0.1, 0.15) is 0 Å². The summed E-state index contributed by atoms with van der Waals surface area (Å²) in [4.78, 5) is 0. The van der Waals surface area contributed by atoms with E-state index in [1.54, 1.807) is 0 Å². The Morgan fingerprint density at radius 3 is 2.12 bits per heavy atom. The molecule has 1 N–H and O–H groups in total. The second kappa shape index (κ2) is 11.0. The lowest BCUT2D eigenvalue weighted by Gasteiger charge is -2.19. The second-order valence-electron chi connectivity index (χ2n) is 5.89. The molecular weight excluding hydrogens is 210 g/mol. The van der Waals surface area contributed by atoms with Gasteiger partial charge in [-0.05, 0) is 50.1 Å². The largest absolute Gasteiger partial charge is 0.381 e. The van der Waals surface area contributed by atoms with Crippen molar-refractivity contribution < 1.29 is 4.74 Å². The van der Waals surface area contributed by atoms with Crippen LogP contribution in [0.15, 0.2) is 0 Å². The maximum Gasteiger partial charge on any atom is 0.0469 e. The molecule has 0 spiro atoms. The summed E-state index contributed by atoms with van der Waals surface area (Å²) in [5, 5.41) is 3.46. The molecule has 0 bridgehead atoms. The minimum Gasteiger partial charge on any atom is -0.381 e. The molecule has 0 radical (unpaired) electrons. The van der Waals surface area contributed by atoms with Crippen LogP contribution in [0.2, 0.25) is 0 Å². The van der Waals surface area contributed by atoms with E-state index >= 15 is 0 Å². The molecule has 0 heterocycles. The third kappa shape index (κ3) is 12.2. The van der Waals surface area contributed by atoms with Crippen LogP contribution in [0, 0.1) is 17.8 Å². The average Bonchev–Trinajstić information content (AvgIpc) is 2.23. The Bertz CT molecular complexity index is 157. The van der Waals surface area contributed by atoms with Crippen molar-refractivity contribution in [2.45, 2.75) is 53.9 Å². The Kier molecular flexibility index (Phi) is 11.0. The molecule has 0 aromatic heterocycles. The van der Waals surface area contributed by atoms with Crippen LogP contribution >= 0.6 is 0 Å². The molecule has 0 aliphatic rings. The topological polar surface area (TPSA) is 21.3 Å². The molecule has 17 heavy (non-hydrogen) atoms. The summed E-state index contributed by atoms with van der Waals surface area (Å²) in [5.74, 6) is 2.31. The number of rotatable bonds is 11. The summed E-state index contributed by atoms with van der Waals surface area (Å²) in [5.41, 5.74) is 0. The number of nitrogens with one attached hydrogen (secondary N) is 1. The van der Waals surface area contributed by atoms with Gasteiger partial charge in [0.05, 0.1) is 0 Å². The van der Waals surface area contributed by atoms with Crippen LogP contribution < -0.4 is 5.32 Å². The van der Waals surface area contributed by atoms with Gasteiger partial charge in [0.15, 0.2) is 0 Å². The van der Waals surface area contributed by atoms with Crippen molar-refractivity contribution in [1.82, 2.24) is 5.32 Å². The van der Waals surface area contributed by atoms with E-state index < -0.39 is 0 Å². The molecule has 0 aromatic rings. The Morgan fingerprint density at radius 2 is 1.59 bits per heavy atom. The maximum absolute atomic E-state index is 5.71. The van der Waals surface area contributed by atoms with E-state index in [-0.39, 0.29) is 0 Å². The summed E-state index contributed by atoms with van der Waals surface area (Å²) in [6.07, 6.45) is 3.69. The zero-order valence-electron chi connectivity index (χ0n) is 12.6. The first-order valence-corrected chi connectivity index (χ1v) is 7.34. The van der Waals surface area contributed by atoms with Crippen molar-refractivity contribution in [3.63, 3.8) is 0 Å². The van der Waals surface area contributed by atoms with Crippen LogP contribution in [0.5, 0.6) is 0 Å². The van der Waals surface area contributed by atoms with Crippen LogP contribution in [-0.4, -0.2) is 26.3 Å². The molecule has 0 rings (SSSR count). The van der Waals surface area contributed by atoms with Gasteiger partial charge >= 0.3 is 0 Å². The normalized spacial score (nSPS) is 13.6. The quantitative estimate of drug-likeness (QED) is 0.559. The molecule has 0 saturated heterocycles. The molecule has 0 aromatic carbocycles. The molecule has 0 aliphatic carbocycles. The average molecular weight is 243 g/mol. The lowest BCUT2D eigenvalue weighted by Crippen LogP contribution is -2.24. The Morgan fingerprint density at radius 1 is 0.941 bits per heavy atom. The van der Waals surface area contributed by atoms with Crippen molar-refractivity contribution >= 4 is 0 Å². The SMILES string of the molecule is CCNCC(CCOCCC(C)C)CC(C)C. The van der Waals surface area contributed by atoms with E-state index in [1.165, 1.54) is 19.3 Å². The van der Waals surface area contributed by atoms with Crippen LogP contribution in [0.4, 0.5) is 0 Å². The van der Waals surface area contributed by atoms with Gasteiger partial charge in [0.25, 0.3) is 0 Å². The van der Waals surface area contributed by atoms with Crippen molar-refractivity contribution in [2.75, 3.05) is 26.3 Å². The molecule has 0 amide bonds. The molecule has 1 atom stereocenters. The lowest BCUT2D eigenvalue weighted by atomic mass is 9.94. The first kappa shape index (κ1) is 16.9. The van der Waals surface area contributed by atoms with E-state index in [1.807, 2.05) is 0 Å². The van der Waals surface area contributed by atoms with Crippen LogP contribution in [0.25, 0.3) is 0 Å². The van der Waals surface area contributed by atoms with Crippen molar-refractivity contribution in [3.8, 4) is 0 Å². The maximum atomic E-state index is 5.71. The van der Waals surface area contributed by atoms with Gasteiger partial charge in [-0.2, -0.15) is 0 Å². The fourth-order valence-electron chi connectivity index (χ4n) is 1.99. The van der Waals surface area contributed by atoms with Gasteiger partial charge in [-0.3, -0.25) is 0 Å². The van der Waals surface area contributed by atoms with E-state index in [0.29, 0.717) is 0 Å². The fraction of sp³-hybridized carbons (Fsp3) is 1.00. The number of hydrogen-bond acceptors (Lipinski definition) is 2. The minimum absolute atomic E-state index is 0.753. The van der Waals surface area contributed by atoms with Crippen LogP contribution in [-0.2, 0) is 4.74 Å². The second-order valence-corrected chi connectivity index (χ2v) is 5.89. The molecule has 0 saturated carbocycles. The highest BCUT2D eigenvalue weighted by atomic mass is 16.5. The van der Waals surface area contributed by atoms with Crippen molar-refractivity contribution in [2.24, 2.45) is 17.8 Å². The highest BCUT2D eigenvalue weighted by molar-refractivity contribution is 4.64. The molecule has 0 aliphatic heterocycles. The van der Waals surface area contributed by atoms with Gasteiger partial charge in [-0.1, -0.05) is 34.6 Å². The molecule has 2 nitrogen and oxygen atoms in total.